The Morgan fingerprint density at radius 2 is 1.84 bits per heavy atom. The van der Waals surface area contributed by atoms with Crippen molar-refractivity contribution in [1.29, 1.82) is 0 Å². The van der Waals surface area contributed by atoms with Gasteiger partial charge < -0.3 is 16.0 Å². The van der Waals surface area contributed by atoms with Gasteiger partial charge >= 0.3 is 0 Å². The molecule has 0 aliphatic carbocycles. The van der Waals surface area contributed by atoms with E-state index < -0.39 is 0 Å². The number of rotatable bonds is 7. The minimum absolute atomic E-state index is 0.150. The van der Waals surface area contributed by atoms with Gasteiger partial charge in [0, 0.05) is 29.7 Å². The zero-order chi connectivity index (χ0) is 22.4. The van der Waals surface area contributed by atoms with Crippen LogP contribution < -0.4 is 16.0 Å². The number of carbonyl (C=O) groups excluding carboxylic acids is 2. The zero-order valence-corrected chi connectivity index (χ0v) is 17.7. The molecule has 0 aliphatic rings. The van der Waals surface area contributed by atoms with E-state index in [1.165, 1.54) is 12.1 Å². The number of hydrogen-bond acceptors (Lipinski definition) is 4. The molecular weight excluding hydrogens is 395 g/mol. The van der Waals surface area contributed by atoms with E-state index in [0.717, 1.165) is 5.56 Å². The SMILES string of the molecule is Cc1cc(C(=O)NCC(C)C)ccc1NC(=O)c1cccnc1Nc1cccc(F)c1. The van der Waals surface area contributed by atoms with Crippen molar-refractivity contribution in [3.8, 4) is 0 Å². The Morgan fingerprint density at radius 3 is 2.55 bits per heavy atom. The topological polar surface area (TPSA) is 83.1 Å². The van der Waals surface area contributed by atoms with Gasteiger partial charge in [-0.3, -0.25) is 9.59 Å². The average molecular weight is 420 g/mol. The molecule has 0 bridgehead atoms. The third-order valence-electron chi connectivity index (χ3n) is 4.55. The van der Waals surface area contributed by atoms with Gasteiger partial charge in [0.2, 0.25) is 0 Å². The molecule has 3 aromatic rings. The summed E-state index contributed by atoms with van der Waals surface area (Å²) in [6.45, 7) is 6.47. The van der Waals surface area contributed by atoms with Crippen molar-refractivity contribution in [2.45, 2.75) is 20.8 Å². The first-order valence-electron chi connectivity index (χ1n) is 10.0. The molecule has 31 heavy (non-hydrogen) atoms. The van der Waals surface area contributed by atoms with Crippen LogP contribution in [0.1, 0.15) is 40.1 Å². The Bertz CT molecular complexity index is 1100. The molecule has 6 nitrogen and oxygen atoms in total. The van der Waals surface area contributed by atoms with Gasteiger partial charge in [0.15, 0.2) is 0 Å². The summed E-state index contributed by atoms with van der Waals surface area (Å²) in [5.41, 5.74) is 2.68. The van der Waals surface area contributed by atoms with Gasteiger partial charge in [0.25, 0.3) is 11.8 Å². The Balaban J connectivity index is 1.75. The molecule has 0 saturated heterocycles. The molecule has 3 N–H and O–H groups in total. The summed E-state index contributed by atoms with van der Waals surface area (Å²) in [6, 6.07) is 14.3. The van der Waals surface area contributed by atoms with Crippen LogP contribution in [0.4, 0.5) is 21.6 Å². The standard InChI is InChI=1S/C24H25FN4O2/c1-15(2)14-27-23(30)17-9-10-21(16(3)12-17)29-24(31)20-8-5-11-26-22(20)28-19-7-4-6-18(25)13-19/h4-13,15H,14H2,1-3H3,(H,26,28)(H,27,30)(H,29,31). The molecule has 2 aromatic carbocycles. The van der Waals surface area contributed by atoms with E-state index in [0.29, 0.717) is 40.8 Å². The highest BCUT2D eigenvalue weighted by Crippen LogP contribution is 2.22. The summed E-state index contributed by atoms with van der Waals surface area (Å²) in [5, 5.41) is 8.71. The van der Waals surface area contributed by atoms with E-state index in [1.807, 2.05) is 20.8 Å². The maximum Gasteiger partial charge on any atom is 0.259 e. The number of hydrogen-bond donors (Lipinski definition) is 3. The van der Waals surface area contributed by atoms with Gasteiger partial charge in [-0.25, -0.2) is 9.37 Å². The lowest BCUT2D eigenvalue weighted by atomic mass is 10.1. The Hall–Kier alpha value is -3.74. The fourth-order valence-corrected chi connectivity index (χ4v) is 2.92. The second kappa shape index (κ2) is 9.84. The minimum atomic E-state index is -0.389. The number of carbonyl (C=O) groups is 2. The smallest absolute Gasteiger partial charge is 0.259 e. The van der Waals surface area contributed by atoms with Gasteiger partial charge in [-0.2, -0.15) is 0 Å². The molecule has 0 atom stereocenters. The van der Waals surface area contributed by atoms with E-state index >= 15 is 0 Å². The molecular formula is C24H25FN4O2. The molecule has 3 rings (SSSR count). The molecule has 160 valence electrons. The Kier molecular flexibility index (Phi) is 6.97. The molecule has 2 amide bonds. The molecule has 0 aliphatic heterocycles. The first-order chi connectivity index (χ1) is 14.8. The number of nitrogens with one attached hydrogen (secondary N) is 3. The van der Waals surface area contributed by atoms with Crippen molar-refractivity contribution in [3.63, 3.8) is 0 Å². The molecule has 0 spiro atoms. The van der Waals surface area contributed by atoms with Crippen LogP contribution in [0.2, 0.25) is 0 Å². The molecule has 7 heteroatoms. The van der Waals surface area contributed by atoms with E-state index in [-0.39, 0.29) is 17.6 Å². The van der Waals surface area contributed by atoms with Crippen molar-refractivity contribution >= 4 is 29.0 Å². The van der Waals surface area contributed by atoms with Gasteiger partial charge in [-0.15, -0.1) is 0 Å². The van der Waals surface area contributed by atoms with Crippen LogP contribution in [-0.4, -0.2) is 23.3 Å². The highest BCUT2D eigenvalue weighted by atomic mass is 19.1. The fourth-order valence-electron chi connectivity index (χ4n) is 2.92. The summed E-state index contributed by atoms with van der Waals surface area (Å²) in [7, 11) is 0. The summed E-state index contributed by atoms with van der Waals surface area (Å²) in [4.78, 5) is 29.4. The molecule has 1 aromatic heterocycles. The van der Waals surface area contributed by atoms with Crippen LogP contribution in [0, 0.1) is 18.7 Å². The second-order valence-electron chi connectivity index (χ2n) is 7.62. The third kappa shape index (κ3) is 5.88. The van der Waals surface area contributed by atoms with E-state index in [1.54, 1.807) is 48.7 Å². The van der Waals surface area contributed by atoms with Crippen molar-refractivity contribution in [2.24, 2.45) is 5.92 Å². The summed E-state index contributed by atoms with van der Waals surface area (Å²) < 4.78 is 13.5. The van der Waals surface area contributed by atoms with Crippen molar-refractivity contribution < 1.29 is 14.0 Å². The van der Waals surface area contributed by atoms with Crippen LogP contribution in [-0.2, 0) is 0 Å². The largest absolute Gasteiger partial charge is 0.352 e. The molecule has 1 heterocycles. The maximum absolute atomic E-state index is 13.5. The fraction of sp³-hybridized carbons (Fsp3) is 0.208. The highest BCUT2D eigenvalue weighted by molar-refractivity contribution is 6.08. The minimum Gasteiger partial charge on any atom is -0.352 e. The quantitative estimate of drug-likeness (QED) is 0.507. The Morgan fingerprint density at radius 1 is 1.03 bits per heavy atom. The summed E-state index contributed by atoms with van der Waals surface area (Å²) >= 11 is 0. The Labute approximate surface area is 180 Å². The lowest BCUT2D eigenvalue weighted by Crippen LogP contribution is -2.27. The lowest BCUT2D eigenvalue weighted by Gasteiger charge is -2.13. The second-order valence-corrected chi connectivity index (χ2v) is 7.62. The van der Waals surface area contributed by atoms with Gasteiger partial charge in [0.1, 0.15) is 11.6 Å². The van der Waals surface area contributed by atoms with E-state index in [2.05, 4.69) is 20.9 Å². The summed E-state index contributed by atoms with van der Waals surface area (Å²) in [6.07, 6.45) is 1.55. The van der Waals surface area contributed by atoms with Gasteiger partial charge in [0.05, 0.1) is 5.56 Å². The predicted molar refractivity (Wildman–Crippen MR) is 120 cm³/mol. The van der Waals surface area contributed by atoms with Gasteiger partial charge in [-0.05, 0) is 66.9 Å². The number of benzene rings is 2. The van der Waals surface area contributed by atoms with E-state index in [4.69, 9.17) is 0 Å². The van der Waals surface area contributed by atoms with Crippen LogP contribution in [0.25, 0.3) is 0 Å². The van der Waals surface area contributed by atoms with Crippen LogP contribution >= 0.6 is 0 Å². The monoisotopic (exact) mass is 420 g/mol. The van der Waals surface area contributed by atoms with Crippen molar-refractivity contribution in [1.82, 2.24) is 10.3 Å². The van der Waals surface area contributed by atoms with Crippen molar-refractivity contribution in [3.05, 3.63) is 83.3 Å². The zero-order valence-electron chi connectivity index (χ0n) is 17.7. The number of pyridine rings is 1. The number of amides is 2. The van der Waals surface area contributed by atoms with E-state index in [9.17, 15) is 14.0 Å². The highest BCUT2D eigenvalue weighted by Gasteiger charge is 2.15. The number of aromatic nitrogens is 1. The predicted octanol–water partition coefficient (Wildman–Crippen LogP) is 4.91. The van der Waals surface area contributed by atoms with Crippen LogP contribution in [0.3, 0.4) is 0 Å². The van der Waals surface area contributed by atoms with Crippen molar-refractivity contribution in [2.75, 3.05) is 17.2 Å². The molecule has 0 fully saturated rings. The third-order valence-corrected chi connectivity index (χ3v) is 4.55. The number of nitrogens with zero attached hydrogens (tertiary/aromatic N) is 1. The molecule has 0 saturated carbocycles. The average Bonchev–Trinajstić information content (AvgIpc) is 2.73. The molecule has 0 unspecified atom stereocenters. The first-order valence-corrected chi connectivity index (χ1v) is 10.0. The van der Waals surface area contributed by atoms with Crippen LogP contribution in [0.15, 0.2) is 60.8 Å². The van der Waals surface area contributed by atoms with Gasteiger partial charge in [-0.1, -0.05) is 19.9 Å². The number of aryl methyl sites for hydroxylation is 1. The summed E-state index contributed by atoms with van der Waals surface area (Å²) in [5.74, 6) is -0.234. The van der Waals surface area contributed by atoms with Crippen LogP contribution in [0.5, 0.6) is 0 Å². The maximum atomic E-state index is 13.5. The number of anilines is 3. The first kappa shape index (κ1) is 22.0. The number of halogens is 1. The molecule has 0 radical (unpaired) electrons. The lowest BCUT2D eigenvalue weighted by molar-refractivity contribution is 0.0948. The normalized spacial score (nSPS) is 10.6.